The molecule has 3 heteroatoms. The molecule has 0 bridgehead atoms. The summed E-state index contributed by atoms with van der Waals surface area (Å²) in [5.74, 6) is 0. The van der Waals surface area contributed by atoms with Gasteiger partial charge in [-0.15, -0.1) is 0 Å². The Kier molecular flexibility index (Phi) is 9.77. The zero-order valence-electron chi connectivity index (χ0n) is 5.31. The Morgan fingerprint density at radius 3 is 1.86 bits per heavy atom. The van der Waals surface area contributed by atoms with Gasteiger partial charge in [-0.05, 0) is 14.1 Å². The minimum atomic E-state index is 0. The van der Waals surface area contributed by atoms with E-state index in [2.05, 4.69) is 0 Å². The molecule has 0 aromatic rings. The minimum Gasteiger partial charge on any atom is -0.395 e. The first-order chi connectivity index (χ1) is 2.77. The Labute approximate surface area is 56.7 Å². The van der Waals surface area contributed by atoms with Crippen molar-refractivity contribution in [1.29, 1.82) is 0 Å². The number of aliphatic hydroxyl groups excluding tert-OH is 1. The van der Waals surface area contributed by atoms with Gasteiger partial charge in [0.1, 0.15) is 0 Å². The predicted octanol–water partition coefficient (Wildman–Crippen LogP) is -0.841. The molecule has 1 radical (unpaired) electrons. The van der Waals surface area contributed by atoms with Gasteiger partial charge in [-0.2, -0.15) is 0 Å². The van der Waals surface area contributed by atoms with Crippen LogP contribution in [0.3, 0.4) is 0 Å². The molecule has 0 fully saturated rings. The molecule has 7 heavy (non-hydrogen) atoms. The summed E-state index contributed by atoms with van der Waals surface area (Å²) in [6.07, 6.45) is 0. The molecule has 0 aromatic carbocycles. The standard InChI is InChI=1S/C4H11NO.Li/c1-5(2)3-4-6;/h6H,3-4H2,1-2H3;. The largest absolute Gasteiger partial charge is 0.395 e. The monoisotopic (exact) mass is 96.1 g/mol. The molecule has 0 amide bonds. The van der Waals surface area contributed by atoms with Gasteiger partial charge >= 0.3 is 0 Å². The van der Waals surface area contributed by atoms with E-state index in [1.165, 1.54) is 0 Å². The van der Waals surface area contributed by atoms with E-state index in [4.69, 9.17) is 5.11 Å². The third-order valence-electron chi connectivity index (χ3n) is 0.547. The molecule has 2 nitrogen and oxygen atoms in total. The number of hydrogen-bond donors (Lipinski definition) is 1. The topological polar surface area (TPSA) is 23.5 Å². The van der Waals surface area contributed by atoms with Crippen LogP contribution in [-0.2, 0) is 0 Å². The second-order valence-corrected chi connectivity index (χ2v) is 1.53. The second-order valence-electron chi connectivity index (χ2n) is 1.53. The van der Waals surface area contributed by atoms with Crippen molar-refractivity contribution in [2.45, 2.75) is 0 Å². The molecule has 0 rings (SSSR count). The number of nitrogens with zero attached hydrogens (tertiary/aromatic N) is 1. The van der Waals surface area contributed by atoms with E-state index in [-0.39, 0.29) is 25.5 Å². The third-order valence-corrected chi connectivity index (χ3v) is 0.547. The Morgan fingerprint density at radius 1 is 1.43 bits per heavy atom. The van der Waals surface area contributed by atoms with Gasteiger partial charge in [0.05, 0.1) is 6.61 Å². The van der Waals surface area contributed by atoms with E-state index in [9.17, 15) is 0 Å². The van der Waals surface area contributed by atoms with E-state index in [0.29, 0.717) is 0 Å². The van der Waals surface area contributed by atoms with Crippen molar-refractivity contribution in [3.8, 4) is 0 Å². The first kappa shape index (κ1) is 10.5. The van der Waals surface area contributed by atoms with Crippen LogP contribution in [-0.4, -0.2) is 56.1 Å². The Hall–Kier alpha value is 0.517. The van der Waals surface area contributed by atoms with Crippen LogP contribution in [0.5, 0.6) is 0 Å². The third kappa shape index (κ3) is 10.7. The first-order valence-electron chi connectivity index (χ1n) is 2.03. The molecule has 39 valence electrons. The maximum absolute atomic E-state index is 8.20. The summed E-state index contributed by atoms with van der Waals surface area (Å²) in [5.41, 5.74) is 0. The van der Waals surface area contributed by atoms with Gasteiger partial charge in [0.2, 0.25) is 0 Å². The smallest absolute Gasteiger partial charge is 0.0558 e. The number of hydrogen-bond acceptors (Lipinski definition) is 2. The van der Waals surface area contributed by atoms with Crippen LogP contribution in [0.1, 0.15) is 0 Å². The Balaban J connectivity index is 0. The van der Waals surface area contributed by atoms with Gasteiger partial charge in [0, 0.05) is 25.4 Å². The maximum Gasteiger partial charge on any atom is 0.0558 e. The van der Waals surface area contributed by atoms with E-state index >= 15 is 0 Å². The van der Waals surface area contributed by atoms with Crippen molar-refractivity contribution < 1.29 is 5.11 Å². The van der Waals surface area contributed by atoms with Gasteiger partial charge < -0.3 is 10.0 Å². The molecule has 0 spiro atoms. The summed E-state index contributed by atoms with van der Waals surface area (Å²) in [4.78, 5) is 1.93. The second kappa shape index (κ2) is 6.52. The predicted molar refractivity (Wildman–Crippen MR) is 31.4 cm³/mol. The van der Waals surface area contributed by atoms with Crippen molar-refractivity contribution in [3.05, 3.63) is 0 Å². The zero-order chi connectivity index (χ0) is 4.99. The fourth-order valence-corrected chi connectivity index (χ4v) is 0.200. The Morgan fingerprint density at radius 2 is 1.86 bits per heavy atom. The summed E-state index contributed by atoms with van der Waals surface area (Å²) in [6.45, 7) is 1.02. The molecule has 0 aliphatic heterocycles. The molecule has 0 saturated heterocycles. The van der Waals surface area contributed by atoms with Crippen molar-refractivity contribution >= 4 is 18.9 Å². The molecular weight excluding hydrogens is 85.0 g/mol. The SMILES string of the molecule is CN(C)CCO.[Li]. The van der Waals surface area contributed by atoms with Gasteiger partial charge in [0.15, 0.2) is 0 Å². The van der Waals surface area contributed by atoms with Crippen LogP contribution in [0.2, 0.25) is 0 Å². The van der Waals surface area contributed by atoms with E-state index in [1.54, 1.807) is 0 Å². The molecule has 0 aliphatic rings. The fraction of sp³-hybridized carbons (Fsp3) is 1.00. The van der Waals surface area contributed by atoms with E-state index in [0.717, 1.165) is 6.54 Å². The molecule has 0 atom stereocenters. The first-order valence-corrected chi connectivity index (χ1v) is 2.03. The maximum atomic E-state index is 8.20. The quantitative estimate of drug-likeness (QED) is 0.453. The molecule has 0 aromatic heterocycles. The van der Waals surface area contributed by atoms with Crippen LogP contribution >= 0.6 is 0 Å². The van der Waals surface area contributed by atoms with Crippen LogP contribution in [0.25, 0.3) is 0 Å². The average Bonchev–Trinajstić information content (AvgIpc) is 1.35. The van der Waals surface area contributed by atoms with Crippen molar-refractivity contribution in [2.24, 2.45) is 0 Å². The Bertz CT molecular complexity index is 32.9. The van der Waals surface area contributed by atoms with Crippen LogP contribution in [0, 0.1) is 0 Å². The van der Waals surface area contributed by atoms with Crippen molar-refractivity contribution in [2.75, 3.05) is 27.2 Å². The summed E-state index contributed by atoms with van der Waals surface area (Å²) in [7, 11) is 3.85. The van der Waals surface area contributed by atoms with Crippen molar-refractivity contribution in [3.63, 3.8) is 0 Å². The van der Waals surface area contributed by atoms with Crippen LogP contribution in [0.4, 0.5) is 0 Å². The summed E-state index contributed by atoms with van der Waals surface area (Å²) < 4.78 is 0. The number of aliphatic hydroxyl groups is 1. The summed E-state index contributed by atoms with van der Waals surface area (Å²) in [6, 6.07) is 0. The van der Waals surface area contributed by atoms with Crippen LogP contribution in [0.15, 0.2) is 0 Å². The minimum absolute atomic E-state index is 0. The zero-order valence-corrected chi connectivity index (χ0v) is 5.31. The van der Waals surface area contributed by atoms with E-state index in [1.807, 2.05) is 19.0 Å². The molecule has 0 aliphatic carbocycles. The van der Waals surface area contributed by atoms with Gasteiger partial charge in [0.25, 0.3) is 0 Å². The summed E-state index contributed by atoms with van der Waals surface area (Å²) >= 11 is 0. The molecule has 0 heterocycles. The van der Waals surface area contributed by atoms with Gasteiger partial charge in [-0.1, -0.05) is 0 Å². The van der Waals surface area contributed by atoms with Crippen LogP contribution < -0.4 is 0 Å². The molecule has 0 saturated carbocycles. The van der Waals surface area contributed by atoms with Gasteiger partial charge in [-0.3, -0.25) is 0 Å². The average molecular weight is 96.1 g/mol. The van der Waals surface area contributed by atoms with Gasteiger partial charge in [-0.25, -0.2) is 0 Å². The normalized spacial score (nSPS) is 8.57. The summed E-state index contributed by atoms with van der Waals surface area (Å²) in [5, 5.41) is 8.20. The number of likely N-dealkylation sites (N-methyl/N-ethyl adjacent to an activating group) is 1. The fourth-order valence-electron chi connectivity index (χ4n) is 0.200. The molecule has 0 unspecified atom stereocenters. The molecular formula is C4H11LiNO. The molecule has 1 N–H and O–H groups in total. The van der Waals surface area contributed by atoms with Crippen molar-refractivity contribution in [1.82, 2.24) is 4.90 Å². The van der Waals surface area contributed by atoms with E-state index < -0.39 is 0 Å². The number of rotatable bonds is 2.